The average molecular weight is 404 g/mol. The molecule has 98 valence electrons. The van der Waals surface area contributed by atoms with E-state index in [1.807, 2.05) is 12.1 Å². The second-order valence-corrected chi connectivity index (χ2v) is 6.02. The Labute approximate surface area is 132 Å². The van der Waals surface area contributed by atoms with E-state index in [0.717, 1.165) is 8.95 Å². The lowest BCUT2D eigenvalue weighted by atomic mass is 10.1. The lowest BCUT2D eigenvalue weighted by Gasteiger charge is -2.09. The first-order valence-electron chi connectivity index (χ1n) is 5.29. The summed E-state index contributed by atoms with van der Waals surface area (Å²) in [4.78, 5) is 12.1. The molecular formula is C13H9Br2ClN2O. The van der Waals surface area contributed by atoms with Crippen LogP contribution in [0.15, 0.2) is 45.3 Å². The highest BCUT2D eigenvalue weighted by atomic mass is 79.9. The van der Waals surface area contributed by atoms with Gasteiger partial charge in [-0.25, -0.2) is 0 Å². The van der Waals surface area contributed by atoms with Crippen LogP contribution < -0.4 is 11.1 Å². The van der Waals surface area contributed by atoms with Crippen LogP contribution in [0.4, 0.5) is 11.4 Å². The van der Waals surface area contributed by atoms with Crippen LogP contribution in [0.2, 0.25) is 5.02 Å². The second-order valence-electron chi connectivity index (χ2n) is 3.81. The number of nitrogen functional groups attached to an aromatic ring is 1. The third-order valence-electron chi connectivity index (χ3n) is 2.43. The fourth-order valence-electron chi connectivity index (χ4n) is 1.52. The van der Waals surface area contributed by atoms with Crippen LogP contribution in [0.3, 0.4) is 0 Å². The lowest BCUT2D eigenvalue weighted by molar-refractivity contribution is 0.102. The van der Waals surface area contributed by atoms with Crippen molar-refractivity contribution in [1.82, 2.24) is 0 Å². The molecule has 3 nitrogen and oxygen atoms in total. The number of amides is 1. The maximum absolute atomic E-state index is 12.1. The number of hydrogen-bond acceptors (Lipinski definition) is 2. The van der Waals surface area contributed by atoms with E-state index < -0.39 is 0 Å². The van der Waals surface area contributed by atoms with E-state index in [1.54, 1.807) is 24.3 Å². The summed E-state index contributed by atoms with van der Waals surface area (Å²) < 4.78 is 1.66. The number of rotatable bonds is 2. The number of anilines is 2. The van der Waals surface area contributed by atoms with E-state index in [-0.39, 0.29) is 5.91 Å². The SMILES string of the molecule is Nc1cc(Cl)ccc1C(=O)Nc1cc(Br)ccc1Br. The smallest absolute Gasteiger partial charge is 0.257 e. The summed E-state index contributed by atoms with van der Waals surface area (Å²) in [7, 11) is 0. The Kier molecular flexibility index (Phi) is 4.50. The number of nitrogens with one attached hydrogen (secondary N) is 1. The molecule has 19 heavy (non-hydrogen) atoms. The zero-order valence-corrected chi connectivity index (χ0v) is 13.5. The molecule has 0 aliphatic carbocycles. The molecule has 0 bridgehead atoms. The Morgan fingerprint density at radius 1 is 1.16 bits per heavy atom. The third kappa shape index (κ3) is 3.49. The molecule has 6 heteroatoms. The molecule has 0 aliphatic rings. The van der Waals surface area contributed by atoms with E-state index in [9.17, 15) is 4.79 Å². The molecule has 0 spiro atoms. The molecular weight excluding hydrogens is 395 g/mol. The Morgan fingerprint density at radius 2 is 1.89 bits per heavy atom. The Hall–Kier alpha value is -1.04. The summed E-state index contributed by atoms with van der Waals surface area (Å²) in [5.41, 5.74) is 7.17. The van der Waals surface area contributed by atoms with Crippen molar-refractivity contribution in [1.29, 1.82) is 0 Å². The first kappa shape index (κ1) is 14.4. The zero-order chi connectivity index (χ0) is 14.0. The zero-order valence-electron chi connectivity index (χ0n) is 9.58. The van der Waals surface area contributed by atoms with Crippen LogP contribution in [0.25, 0.3) is 0 Å². The number of halogens is 3. The summed E-state index contributed by atoms with van der Waals surface area (Å²) in [6.07, 6.45) is 0. The highest BCUT2D eigenvalue weighted by Gasteiger charge is 2.12. The van der Waals surface area contributed by atoms with Gasteiger partial charge in [-0.1, -0.05) is 27.5 Å². The van der Waals surface area contributed by atoms with Crippen molar-refractivity contribution in [3.63, 3.8) is 0 Å². The molecule has 0 fully saturated rings. The topological polar surface area (TPSA) is 55.1 Å². The largest absolute Gasteiger partial charge is 0.398 e. The van der Waals surface area contributed by atoms with Crippen LogP contribution in [0.5, 0.6) is 0 Å². The van der Waals surface area contributed by atoms with E-state index in [4.69, 9.17) is 17.3 Å². The summed E-state index contributed by atoms with van der Waals surface area (Å²) in [5, 5.41) is 3.29. The fraction of sp³-hybridized carbons (Fsp3) is 0. The lowest BCUT2D eigenvalue weighted by Crippen LogP contribution is -2.14. The van der Waals surface area contributed by atoms with Gasteiger partial charge in [0.1, 0.15) is 0 Å². The van der Waals surface area contributed by atoms with Gasteiger partial charge >= 0.3 is 0 Å². The van der Waals surface area contributed by atoms with E-state index in [2.05, 4.69) is 37.2 Å². The van der Waals surface area contributed by atoms with Crippen molar-refractivity contribution in [2.75, 3.05) is 11.1 Å². The van der Waals surface area contributed by atoms with E-state index >= 15 is 0 Å². The van der Waals surface area contributed by atoms with Crippen LogP contribution in [-0.2, 0) is 0 Å². The predicted octanol–water partition coefficient (Wildman–Crippen LogP) is 4.70. The molecule has 1 amide bonds. The van der Waals surface area contributed by atoms with Crippen LogP contribution in [-0.4, -0.2) is 5.91 Å². The van der Waals surface area contributed by atoms with E-state index in [0.29, 0.717) is 22.0 Å². The molecule has 0 unspecified atom stereocenters. The van der Waals surface area contributed by atoms with Crippen molar-refractivity contribution < 1.29 is 4.79 Å². The second kappa shape index (κ2) is 5.94. The Balaban J connectivity index is 2.28. The Bertz CT molecular complexity index is 647. The number of hydrogen-bond donors (Lipinski definition) is 2. The van der Waals surface area contributed by atoms with Gasteiger partial charge in [0.2, 0.25) is 0 Å². The van der Waals surface area contributed by atoms with E-state index in [1.165, 1.54) is 0 Å². The predicted molar refractivity (Wildman–Crippen MR) is 85.7 cm³/mol. The number of nitrogens with two attached hydrogens (primary N) is 1. The normalized spacial score (nSPS) is 10.3. The van der Waals surface area contributed by atoms with Crippen molar-refractivity contribution in [3.8, 4) is 0 Å². The van der Waals surface area contributed by atoms with Gasteiger partial charge < -0.3 is 11.1 Å². The van der Waals surface area contributed by atoms with Gasteiger partial charge in [0.15, 0.2) is 0 Å². The van der Waals surface area contributed by atoms with Crippen LogP contribution in [0.1, 0.15) is 10.4 Å². The van der Waals surface area contributed by atoms with Gasteiger partial charge in [-0.2, -0.15) is 0 Å². The number of benzene rings is 2. The first-order chi connectivity index (χ1) is 8.97. The van der Waals surface area contributed by atoms with Gasteiger partial charge in [0.25, 0.3) is 5.91 Å². The minimum atomic E-state index is -0.284. The van der Waals surface area contributed by atoms with Gasteiger partial charge in [-0.05, 0) is 52.3 Å². The van der Waals surface area contributed by atoms with Crippen LogP contribution in [0, 0.1) is 0 Å². The molecule has 0 saturated carbocycles. The molecule has 0 saturated heterocycles. The fourth-order valence-corrected chi connectivity index (χ4v) is 2.41. The molecule has 2 aromatic rings. The minimum absolute atomic E-state index is 0.284. The molecule has 3 N–H and O–H groups in total. The maximum Gasteiger partial charge on any atom is 0.257 e. The summed E-state index contributed by atoms with van der Waals surface area (Å²) in [5.74, 6) is -0.284. The van der Waals surface area contributed by atoms with Gasteiger partial charge in [-0.15, -0.1) is 0 Å². The summed E-state index contributed by atoms with van der Waals surface area (Å²) >= 11 is 12.5. The molecule has 2 rings (SSSR count). The number of carbonyl (C=O) groups excluding carboxylic acids is 1. The molecule has 0 aromatic heterocycles. The van der Waals surface area contributed by atoms with Crippen molar-refractivity contribution in [3.05, 3.63) is 55.9 Å². The molecule has 0 radical (unpaired) electrons. The average Bonchev–Trinajstić information content (AvgIpc) is 2.33. The summed E-state index contributed by atoms with van der Waals surface area (Å²) in [6.45, 7) is 0. The van der Waals surface area contributed by atoms with Gasteiger partial charge in [0, 0.05) is 19.7 Å². The molecule has 0 atom stereocenters. The third-order valence-corrected chi connectivity index (χ3v) is 3.85. The number of carbonyl (C=O) groups is 1. The highest BCUT2D eigenvalue weighted by molar-refractivity contribution is 9.11. The Morgan fingerprint density at radius 3 is 2.58 bits per heavy atom. The van der Waals surface area contributed by atoms with Crippen LogP contribution >= 0.6 is 43.5 Å². The molecule has 0 aliphatic heterocycles. The monoisotopic (exact) mass is 402 g/mol. The van der Waals surface area contributed by atoms with Crippen molar-refractivity contribution in [2.45, 2.75) is 0 Å². The van der Waals surface area contributed by atoms with Crippen molar-refractivity contribution >= 4 is 60.7 Å². The minimum Gasteiger partial charge on any atom is -0.398 e. The van der Waals surface area contributed by atoms with Crippen molar-refractivity contribution in [2.24, 2.45) is 0 Å². The molecule has 2 aromatic carbocycles. The first-order valence-corrected chi connectivity index (χ1v) is 7.25. The summed E-state index contributed by atoms with van der Waals surface area (Å²) in [6, 6.07) is 10.3. The van der Waals surface area contributed by atoms with Gasteiger partial charge in [0.05, 0.1) is 11.3 Å². The van der Waals surface area contributed by atoms with Gasteiger partial charge in [-0.3, -0.25) is 4.79 Å². The maximum atomic E-state index is 12.1. The quantitative estimate of drug-likeness (QED) is 0.713. The highest BCUT2D eigenvalue weighted by Crippen LogP contribution is 2.27. The standard InChI is InChI=1S/C13H9Br2ClN2O/c14-7-1-4-10(15)12(5-7)18-13(19)9-3-2-8(16)6-11(9)17/h1-6H,17H2,(H,18,19). The molecule has 0 heterocycles.